The molecule has 1 atom stereocenters. The minimum atomic E-state index is -0.0931. The van der Waals surface area contributed by atoms with Crippen LogP contribution in [0.5, 0.6) is 5.75 Å². The van der Waals surface area contributed by atoms with E-state index in [9.17, 15) is 5.11 Å². The number of ether oxygens (including phenoxy) is 1. The molecule has 20 heavy (non-hydrogen) atoms. The van der Waals surface area contributed by atoms with Gasteiger partial charge in [0, 0.05) is 6.61 Å². The summed E-state index contributed by atoms with van der Waals surface area (Å²) in [6.07, 6.45) is 2.19. The van der Waals surface area contributed by atoms with E-state index in [1.54, 1.807) is 6.07 Å². The van der Waals surface area contributed by atoms with Gasteiger partial charge in [-0.2, -0.15) is 4.98 Å². The molecule has 1 fully saturated rings. The first-order chi connectivity index (χ1) is 9.69. The summed E-state index contributed by atoms with van der Waals surface area (Å²) in [6.45, 7) is 4.54. The third-order valence-electron chi connectivity index (χ3n) is 3.48. The normalized spacial score (nSPS) is 16.3. The monoisotopic (exact) mass is 274 g/mol. The highest BCUT2D eigenvalue weighted by molar-refractivity contribution is 5.63. The Bertz CT molecular complexity index is 605. The zero-order valence-electron chi connectivity index (χ0n) is 11.7. The van der Waals surface area contributed by atoms with E-state index in [1.807, 2.05) is 26.0 Å². The Morgan fingerprint density at radius 3 is 2.95 bits per heavy atom. The number of phenols is 1. The topological polar surface area (TPSA) is 68.4 Å². The van der Waals surface area contributed by atoms with Crippen LogP contribution in [0.3, 0.4) is 0 Å². The lowest BCUT2D eigenvalue weighted by atomic mass is 10.1. The quantitative estimate of drug-likeness (QED) is 0.906. The molecule has 5 heteroatoms. The summed E-state index contributed by atoms with van der Waals surface area (Å²) in [5, 5.41) is 13.9. The minimum Gasteiger partial charge on any atom is -0.507 e. The van der Waals surface area contributed by atoms with Crippen LogP contribution in [-0.2, 0) is 4.74 Å². The van der Waals surface area contributed by atoms with Crippen LogP contribution in [0.2, 0.25) is 0 Å². The maximum Gasteiger partial charge on any atom is 0.261 e. The zero-order chi connectivity index (χ0) is 14.1. The van der Waals surface area contributed by atoms with Crippen LogP contribution < -0.4 is 0 Å². The lowest BCUT2D eigenvalue weighted by Gasteiger charge is -2.11. The molecule has 0 spiro atoms. The Labute approximate surface area is 117 Å². The molecule has 106 valence electrons. The minimum absolute atomic E-state index is 0.0931. The molecule has 1 aliphatic carbocycles. The number of aryl methyl sites for hydroxylation is 1. The molecule has 1 N–H and O–H groups in total. The molecule has 1 aromatic heterocycles. The van der Waals surface area contributed by atoms with Gasteiger partial charge in [-0.15, -0.1) is 0 Å². The Morgan fingerprint density at radius 2 is 2.25 bits per heavy atom. The van der Waals surface area contributed by atoms with Gasteiger partial charge >= 0.3 is 0 Å². The van der Waals surface area contributed by atoms with E-state index in [0.717, 1.165) is 18.4 Å². The van der Waals surface area contributed by atoms with Crippen LogP contribution in [-0.4, -0.2) is 21.9 Å². The number of hydrogen-bond donors (Lipinski definition) is 1. The summed E-state index contributed by atoms with van der Waals surface area (Å²) in [5.74, 6) is 1.55. The van der Waals surface area contributed by atoms with Crippen molar-refractivity contribution in [1.29, 1.82) is 0 Å². The first-order valence-electron chi connectivity index (χ1n) is 6.94. The summed E-state index contributed by atoms with van der Waals surface area (Å²) in [5.41, 5.74) is 1.59. The first kappa shape index (κ1) is 13.1. The van der Waals surface area contributed by atoms with Gasteiger partial charge in [-0.1, -0.05) is 16.8 Å². The highest BCUT2D eigenvalue weighted by Gasteiger charge is 2.36. The molecule has 1 heterocycles. The smallest absolute Gasteiger partial charge is 0.261 e. The maximum atomic E-state index is 9.90. The molecule has 1 aliphatic rings. The lowest BCUT2D eigenvalue weighted by molar-refractivity contribution is 0.0385. The molecule has 2 aromatic rings. The molecule has 0 aliphatic heterocycles. The Hall–Kier alpha value is -1.88. The molecule has 3 rings (SSSR count). The van der Waals surface area contributed by atoms with Crippen molar-refractivity contribution in [2.24, 2.45) is 5.92 Å². The third-order valence-corrected chi connectivity index (χ3v) is 3.48. The van der Waals surface area contributed by atoms with E-state index in [2.05, 4.69) is 10.1 Å². The molecule has 0 radical (unpaired) electrons. The van der Waals surface area contributed by atoms with E-state index in [0.29, 0.717) is 29.8 Å². The maximum absolute atomic E-state index is 9.90. The van der Waals surface area contributed by atoms with E-state index in [4.69, 9.17) is 9.26 Å². The number of aromatic nitrogens is 2. The summed E-state index contributed by atoms with van der Waals surface area (Å²) < 4.78 is 11.0. The largest absolute Gasteiger partial charge is 0.507 e. The molecule has 0 amide bonds. The molecule has 1 aromatic carbocycles. The van der Waals surface area contributed by atoms with Gasteiger partial charge in [0.25, 0.3) is 5.89 Å². The van der Waals surface area contributed by atoms with Gasteiger partial charge in [0.2, 0.25) is 5.82 Å². The predicted octanol–water partition coefficient (Wildman–Crippen LogP) is 3.24. The number of hydrogen-bond acceptors (Lipinski definition) is 5. The Balaban J connectivity index is 1.90. The van der Waals surface area contributed by atoms with E-state index in [-0.39, 0.29) is 11.9 Å². The Kier molecular flexibility index (Phi) is 3.44. The fourth-order valence-electron chi connectivity index (χ4n) is 2.28. The molecule has 1 saturated carbocycles. The predicted molar refractivity (Wildman–Crippen MR) is 73.2 cm³/mol. The second kappa shape index (κ2) is 5.25. The fourth-order valence-corrected chi connectivity index (χ4v) is 2.28. The van der Waals surface area contributed by atoms with Gasteiger partial charge in [0.05, 0.1) is 5.56 Å². The second-order valence-electron chi connectivity index (χ2n) is 5.19. The van der Waals surface area contributed by atoms with Crippen molar-refractivity contribution in [3.8, 4) is 17.2 Å². The number of phenolic OH excluding ortho intramolecular Hbond substituents is 1. The van der Waals surface area contributed by atoms with Crippen LogP contribution in [0.15, 0.2) is 22.7 Å². The van der Waals surface area contributed by atoms with Crippen LogP contribution in [0.25, 0.3) is 11.5 Å². The zero-order valence-corrected chi connectivity index (χ0v) is 11.7. The van der Waals surface area contributed by atoms with Gasteiger partial charge in [0.15, 0.2) is 0 Å². The van der Waals surface area contributed by atoms with E-state index < -0.39 is 0 Å². The summed E-state index contributed by atoms with van der Waals surface area (Å²) in [4.78, 5) is 4.40. The number of nitrogens with zero attached hydrogens (tertiary/aromatic N) is 2. The van der Waals surface area contributed by atoms with Crippen molar-refractivity contribution in [1.82, 2.24) is 10.1 Å². The highest BCUT2D eigenvalue weighted by Crippen LogP contribution is 2.43. The van der Waals surface area contributed by atoms with Crippen LogP contribution >= 0.6 is 0 Å². The molecule has 0 bridgehead atoms. The standard InChI is InChI=1S/C15H18N2O3/c1-3-19-13(10-5-6-10)14-16-15(20-17-14)11-8-9(2)4-7-12(11)18/h4,7-8,10,13,18H,3,5-6H2,1-2H3. The molecular weight excluding hydrogens is 256 g/mol. The van der Waals surface area contributed by atoms with Crippen LogP contribution in [0.4, 0.5) is 0 Å². The van der Waals surface area contributed by atoms with Gasteiger partial charge in [0.1, 0.15) is 11.9 Å². The van der Waals surface area contributed by atoms with Crippen molar-refractivity contribution < 1.29 is 14.4 Å². The average molecular weight is 274 g/mol. The molecule has 5 nitrogen and oxygen atoms in total. The SMILES string of the molecule is CCOC(c1noc(-c2cc(C)ccc2O)n1)C1CC1. The van der Waals surface area contributed by atoms with E-state index >= 15 is 0 Å². The van der Waals surface area contributed by atoms with Crippen molar-refractivity contribution in [3.63, 3.8) is 0 Å². The average Bonchev–Trinajstić information content (AvgIpc) is 3.16. The van der Waals surface area contributed by atoms with Crippen LogP contribution in [0.1, 0.15) is 37.3 Å². The molecule has 1 unspecified atom stereocenters. The first-order valence-corrected chi connectivity index (χ1v) is 6.94. The molecule has 0 saturated heterocycles. The van der Waals surface area contributed by atoms with Crippen molar-refractivity contribution in [3.05, 3.63) is 29.6 Å². The second-order valence-corrected chi connectivity index (χ2v) is 5.19. The number of benzene rings is 1. The Morgan fingerprint density at radius 1 is 1.45 bits per heavy atom. The van der Waals surface area contributed by atoms with Crippen molar-refractivity contribution in [2.45, 2.75) is 32.8 Å². The number of aromatic hydroxyl groups is 1. The van der Waals surface area contributed by atoms with Gasteiger partial charge in [-0.25, -0.2) is 0 Å². The van der Waals surface area contributed by atoms with Gasteiger partial charge in [-0.3, -0.25) is 0 Å². The van der Waals surface area contributed by atoms with E-state index in [1.165, 1.54) is 0 Å². The van der Waals surface area contributed by atoms with Crippen molar-refractivity contribution >= 4 is 0 Å². The lowest BCUT2D eigenvalue weighted by Crippen LogP contribution is -2.08. The summed E-state index contributed by atoms with van der Waals surface area (Å²) in [7, 11) is 0. The summed E-state index contributed by atoms with van der Waals surface area (Å²) >= 11 is 0. The number of rotatable bonds is 5. The highest BCUT2D eigenvalue weighted by atomic mass is 16.5. The van der Waals surface area contributed by atoms with Gasteiger partial charge in [-0.05, 0) is 44.7 Å². The fraction of sp³-hybridized carbons (Fsp3) is 0.467. The third kappa shape index (κ3) is 2.54. The van der Waals surface area contributed by atoms with Crippen LogP contribution in [0, 0.1) is 12.8 Å². The van der Waals surface area contributed by atoms with Gasteiger partial charge < -0.3 is 14.4 Å². The van der Waals surface area contributed by atoms with Crippen molar-refractivity contribution in [2.75, 3.05) is 6.61 Å². The summed E-state index contributed by atoms with van der Waals surface area (Å²) in [6, 6.07) is 5.30. The molecular formula is C15H18N2O3.